The van der Waals surface area contributed by atoms with Gasteiger partial charge in [-0.2, -0.15) is 0 Å². The number of hydrogen-bond acceptors (Lipinski definition) is 3. The first-order valence-corrected chi connectivity index (χ1v) is 6.59. The monoisotopic (exact) mass is 274 g/mol. The molecule has 0 spiro atoms. The van der Waals surface area contributed by atoms with E-state index in [1.807, 2.05) is 32.0 Å². The molecule has 1 saturated heterocycles. The predicted molar refractivity (Wildman–Crippen MR) is 75.3 cm³/mol. The van der Waals surface area contributed by atoms with Crippen LogP contribution in [0.4, 0.5) is 10.5 Å². The lowest BCUT2D eigenvalue weighted by atomic mass is 9.91. The van der Waals surface area contributed by atoms with Crippen molar-refractivity contribution in [2.24, 2.45) is 11.8 Å². The SMILES string of the molecule is Cc1cccc(C)c1N1C(=O)NC(=O)C(C(C)C)C1=O. The van der Waals surface area contributed by atoms with E-state index >= 15 is 0 Å². The van der Waals surface area contributed by atoms with Crippen molar-refractivity contribution in [2.75, 3.05) is 4.90 Å². The number of nitrogens with one attached hydrogen (secondary N) is 1. The molecule has 1 aromatic rings. The summed E-state index contributed by atoms with van der Waals surface area (Å²) >= 11 is 0. The number of imide groups is 2. The number of rotatable bonds is 2. The highest BCUT2D eigenvalue weighted by molar-refractivity contribution is 6.28. The summed E-state index contributed by atoms with van der Waals surface area (Å²) in [6.45, 7) is 7.26. The van der Waals surface area contributed by atoms with Crippen LogP contribution in [0.3, 0.4) is 0 Å². The third-order valence-corrected chi connectivity index (χ3v) is 3.53. The molecule has 106 valence electrons. The van der Waals surface area contributed by atoms with Crippen molar-refractivity contribution in [1.82, 2.24) is 5.32 Å². The molecule has 0 saturated carbocycles. The van der Waals surface area contributed by atoms with Gasteiger partial charge in [-0.25, -0.2) is 9.69 Å². The molecule has 20 heavy (non-hydrogen) atoms. The fraction of sp³-hybridized carbons (Fsp3) is 0.400. The fourth-order valence-electron chi connectivity index (χ4n) is 2.55. The molecule has 1 aliphatic rings. The molecule has 0 radical (unpaired) electrons. The first-order chi connectivity index (χ1) is 9.34. The zero-order valence-corrected chi connectivity index (χ0v) is 12.1. The second-order valence-corrected chi connectivity index (χ2v) is 5.43. The Hall–Kier alpha value is -2.17. The van der Waals surface area contributed by atoms with E-state index in [1.165, 1.54) is 0 Å². The van der Waals surface area contributed by atoms with Crippen molar-refractivity contribution in [1.29, 1.82) is 0 Å². The van der Waals surface area contributed by atoms with Gasteiger partial charge < -0.3 is 0 Å². The standard InChI is InChI=1S/C15H18N2O3/c1-8(2)11-13(18)16-15(20)17(14(11)19)12-9(3)6-5-7-10(12)4/h5-8,11H,1-4H3,(H,16,18,20). The summed E-state index contributed by atoms with van der Waals surface area (Å²) < 4.78 is 0. The first-order valence-electron chi connectivity index (χ1n) is 6.59. The molecule has 1 unspecified atom stereocenters. The van der Waals surface area contributed by atoms with Crippen molar-refractivity contribution in [2.45, 2.75) is 27.7 Å². The largest absolute Gasteiger partial charge is 0.335 e. The van der Waals surface area contributed by atoms with Gasteiger partial charge in [-0.15, -0.1) is 0 Å². The number of nitrogens with zero attached hydrogens (tertiary/aromatic N) is 1. The topological polar surface area (TPSA) is 66.5 Å². The Morgan fingerprint density at radius 1 is 1.10 bits per heavy atom. The number of amides is 4. The van der Waals surface area contributed by atoms with Gasteiger partial charge in [0.2, 0.25) is 11.8 Å². The molecule has 2 rings (SSSR count). The predicted octanol–water partition coefficient (Wildman–Crippen LogP) is 2.16. The molecule has 4 amide bonds. The summed E-state index contributed by atoms with van der Waals surface area (Å²) in [6.07, 6.45) is 0. The Bertz CT molecular complexity index is 573. The molecule has 1 aromatic carbocycles. The van der Waals surface area contributed by atoms with Crippen LogP contribution in [0.1, 0.15) is 25.0 Å². The van der Waals surface area contributed by atoms with Crippen LogP contribution in [0.2, 0.25) is 0 Å². The summed E-state index contributed by atoms with van der Waals surface area (Å²) in [4.78, 5) is 37.5. The Morgan fingerprint density at radius 3 is 2.15 bits per heavy atom. The molecule has 0 aromatic heterocycles. The maximum Gasteiger partial charge on any atom is 0.335 e. The second-order valence-electron chi connectivity index (χ2n) is 5.43. The lowest BCUT2D eigenvalue weighted by Gasteiger charge is -2.33. The van der Waals surface area contributed by atoms with E-state index in [9.17, 15) is 14.4 Å². The highest BCUT2D eigenvalue weighted by atomic mass is 16.2. The molecule has 1 atom stereocenters. The average Bonchev–Trinajstić information content (AvgIpc) is 2.31. The number of benzene rings is 1. The van der Waals surface area contributed by atoms with Crippen LogP contribution in [0, 0.1) is 25.7 Å². The van der Waals surface area contributed by atoms with Gasteiger partial charge in [0.15, 0.2) is 0 Å². The highest BCUT2D eigenvalue weighted by Gasteiger charge is 2.43. The summed E-state index contributed by atoms with van der Waals surface area (Å²) in [5.74, 6) is -1.96. The van der Waals surface area contributed by atoms with Crippen LogP contribution in [-0.4, -0.2) is 17.8 Å². The van der Waals surface area contributed by atoms with Gasteiger partial charge in [0, 0.05) is 0 Å². The zero-order chi connectivity index (χ0) is 15.0. The fourth-order valence-corrected chi connectivity index (χ4v) is 2.55. The van der Waals surface area contributed by atoms with Crippen LogP contribution in [-0.2, 0) is 9.59 Å². The van der Waals surface area contributed by atoms with Crippen LogP contribution in [0.25, 0.3) is 0 Å². The maximum atomic E-state index is 12.5. The van der Waals surface area contributed by atoms with E-state index < -0.39 is 23.8 Å². The zero-order valence-electron chi connectivity index (χ0n) is 12.1. The smallest absolute Gasteiger partial charge is 0.277 e. The van der Waals surface area contributed by atoms with E-state index in [0.717, 1.165) is 16.0 Å². The highest BCUT2D eigenvalue weighted by Crippen LogP contribution is 2.29. The van der Waals surface area contributed by atoms with Crippen molar-refractivity contribution in [3.8, 4) is 0 Å². The van der Waals surface area contributed by atoms with Gasteiger partial charge >= 0.3 is 6.03 Å². The van der Waals surface area contributed by atoms with Gasteiger partial charge in [0.25, 0.3) is 0 Å². The number of anilines is 1. The normalized spacial score (nSPS) is 19.6. The third-order valence-electron chi connectivity index (χ3n) is 3.53. The number of barbiturate groups is 1. The van der Waals surface area contributed by atoms with E-state index in [2.05, 4.69) is 5.32 Å². The number of urea groups is 1. The minimum atomic E-state index is -0.827. The van der Waals surface area contributed by atoms with Gasteiger partial charge in [0.1, 0.15) is 5.92 Å². The van der Waals surface area contributed by atoms with Crippen molar-refractivity contribution in [3.63, 3.8) is 0 Å². The summed E-state index contributed by atoms with van der Waals surface area (Å²) in [5, 5.41) is 2.27. The molecule has 1 heterocycles. The molecular formula is C15H18N2O3. The minimum Gasteiger partial charge on any atom is -0.277 e. The Labute approximate surface area is 118 Å². The van der Waals surface area contributed by atoms with Crippen LogP contribution in [0.15, 0.2) is 18.2 Å². The maximum absolute atomic E-state index is 12.5. The minimum absolute atomic E-state index is 0.164. The number of hydrogen-bond donors (Lipinski definition) is 1. The number of carbonyl (C=O) groups excluding carboxylic acids is 3. The van der Waals surface area contributed by atoms with E-state index in [0.29, 0.717) is 5.69 Å². The molecule has 5 nitrogen and oxygen atoms in total. The van der Waals surface area contributed by atoms with Crippen LogP contribution >= 0.6 is 0 Å². The van der Waals surface area contributed by atoms with E-state index in [-0.39, 0.29) is 5.92 Å². The van der Waals surface area contributed by atoms with Crippen LogP contribution in [0.5, 0.6) is 0 Å². The van der Waals surface area contributed by atoms with E-state index in [4.69, 9.17) is 0 Å². The second kappa shape index (κ2) is 5.07. The van der Waals surface area contributed by atoms with Crippen molar-refractivity contribution < 1.29 is 14.4 Å². The quantitative estimate of drug-likeness (QED) is 0.840. The molecule has 0 bridgehead atoms. The summed E-state index contributed by atoms with van der Waals surface area (Å²) in [6, 6.07) is 4.87. The summed E-state index contributed by atoms with van der Waals surface area (Å²) in [5.41, 5.74) is 2.21. The Balaban J connectivity index is 2.52. The molecule has 0 aliphatic carbocycles. The van der Waals surface area contributed by atoms with Gasteiger partial charge in [0.05, 0.1) is 5.69 Å². The average molecular weight is 274 g/mol. The number of carbonyl (C=O) groups is 3. The van der Waals surface area contributed by atoms with Gasteiger partial charge in [-0.1, -0.05) is 32.0 Å². The third kappa shape index (κ3) is 2.19. The Morgan fingerprint density at radius 2 is 1.65 bits per heavy atom. The van der Waals surface area contributed by atoms with E-state index in [1.54, 1.807) is 13.8 Å². The summed E-state index contributed by atoms with van der Waals surface area (Å²) in [7, 11) is 0. The Kier molecular flexibility index (Phi) is 3.61. The van der Waals surface area contributed by atoms with Gasteiger partial charge in [-0.05, 0) is 30.9 Å². The van der Waals surface area contributed by atoms with Crippen molar-refractivity contribution in [3.05, 3.63) is 29.3 Å². The molecule has 1 fully saturated rings. The van der Waals surface area contributed by atoms with Crippen LogP contribution < -0.4 is 10.2 Å². The number of aryl methyl sites for hydroxylation is 2. The first kappa shape index (κ1) is 14.2. The molecule has 5 heteroatoms. The number of para-hydroxylation sites is 1. The van der Waals surface area contributed by atoms with Crippen molar-refractivity contribution >= 4 is 23.5 Å². The lowest BCUT2D eigenvalue weighted by molar-refractivity contribution is -0.136. The lowest BCUT2D eigenvalue weighted by Crippen LogP contribution is -2.59. The van der Waals surface area contributed by atoms with Gasteiger partial charge in [-0.3, -0.25) is 14.9 Å². The molecule has 1 N–H and O–H groups in total. The molecular weight excluding hydrogens is 256 g/mol. The molecule has 1 aliphatic heterocycles.